The average molecular weight is 273 g/mol. The predicted octanol–water partition coefficient (Wildman–Crippen LogP) is -1.72. The summed E-state index contributed by atoms with van der Waals surface area (Å²) in [6.07, 6.45) is 0.908. The van der Waals surface area contributed by atoms with Crippen LogP contribution in [0.3, 0.4) is 0 Å². The highest BCUT2D eigenvalue weighted by Crippen LogP contribution is 1.98. The Labute approximate surface area is 111 Å². The molecule has 0 bridgehead atoms. The van der Waals surface area contributed by atoms with Gasteiger partial charge in [-0.05, 0) is 19.5 Å². The molecule has 1 aliphatic heterocycles. The number of hydrogen-bond donors (Lipinski definition) is 3. The standard InChI is InChI=1S/C11H19N3O5/c15-9(6-13-4-1-2-12-3-5-13)14(7-10(16)17)8-11(18)19/h12H,1-8H2,(H,16,17)(H,18,19). The Hall–Kier alpha value is -1.67. The van der Waals surface area contributed by atoms with E-state index in [-0.39, 0.29) is 6.54 Å². The van der Waals surface area contributed by atoms with Gasteiger partial charge in [-0.1, -0.05) is 0 Å². The molecule has 8 nitrogen and oxygen atoms in total. The smallest absolute Gasteiger partial charge is 0.323 e. The number of carboxylic acid groups (broad SMARTS) is 2. The summed E-state index contributed by atoms with van der Waals surface area (Å²) >= 11 is 0. The van der Waals surface area contributed by atoms with E-state index in [2.05, 4.69) is 5.32 Å². The van der Waals surface area contributed by atoms with Crippen LogP contribution in [0, 0.1) is 0 Å². The summed E-state index contributed by atoms with van der Waals surface area (Å²) in [4.78, 5) is 35.9. The number of aliphatic carboxylic acids is 2. The van der Waals surface area contributed by atoms with Gasteiger partial charge in [-0.15, -0.1) is 0 Å². The van der Waals surface area contributed by atoms with E-state index in [0.29, 0.717) is 6.54 Å². The van der Waals surface area contributed by atoms with Crippen LogP contribution in [0.15, 0.2) is 0 Å². The van der Waals surface area contributed by atoms with Gasteiger partial charge >= 0.3 is 11.9 Å². The van der Waals surface area contributed by atoms with Gasteiger partial charge in [0, 0.05) is 13.1 Å². The highest BCUT2D eigenvalue weighted by Gasteiger charge is 2.22. The van der Waals surface area contributed by atoms with Crippen LogP contribution in [0.2, 0.25) is 0 Å². The number of nitrogens with zero attached hydrogens (tertiary/aromatic N) is 2. The van der Waals surface area contributed by atoms with Gasteiger partial charge in [0.15, 0.2) is 0 Å². The molecule has 0 aromatic carbocycles. The van der Waals surface area contributed by atoms with Crippen molar-refractivity contribution in [1.29, 1.82) is 0 Å². The summed E-state index contributed by atoms with van der Waals surface area (Å²) in [7, 11) is 0. The van der Waals surface area contributed by atoms with Crippen LogP contribution < -0.4 is 5.32 Å². The molecule has 1 aliphatic rings. The lowest BCUT2D eigenvalue weighted by Crippen LogP contribution is -2.45. The zero-order valence-electron chi connectivity index (χ0n) is 10.7. The summed E-state index contributed by atoms with van der Waals surface area (Å²) in [5.41, 5.74) is 0. The first-order valence-corrected chi connectivity index (χ1v) is 6.13. The van der Waals surface area contributed by atoms with Gasteiger partial charge in [0.2, 0.25) is 5.91 Å². The van der Waals surface area contributed by atoms with Crippen LogP contribution in [-0.4, -0.2) is 83.7 Å². The first kappa shape index (κ1) is 15.4. The molecular weight excluding hydrogens is 254 g/mol. The second-order valence-electron chi connectivity index (χ2n) is 4.42. The number of carbonyl (C=O) groups excluding carboxylic acids is 1. The molecule has 108 valence electrons. The number of hydrogen-bond acceptors (Lipinski definition) is 5. The molecule has 1 heterocycles. The topological polar surface area (TPSA) is 110 Å². The second-order valence-corrected chi connectivity index (χ2v) is 4.42. The summed E-state index contributed by atoms with van der Waals surface area (Å²) in [5.74, 6) is -2.90. The van der Waals surface area contributed by atoms with Crippen LogP contribution in [-0.2, 0) is 14.4 Å². The lowest BCUT2D eigenvalue weighted by atomic mass is 10.3. The van der Waals surface area contributed by atoms with Crippen LogP contribution in [0.25, 0.3) is 0 Å². The van der Waals surface area contributed by atoms with Gasteiger partial charge in [0.25, 0.3) is 0 Å². The Morgan fingerprint density at radius 2 is 1.68 bits per heavy atom. The summed E-state index contributed by atoms with van der Waals surface area (Å²) in [6, 6.07) is 0. The van der Waals surface area contributed by atoms with Gasteiger partial charge in [0.05, 0.1) is 6.54 Å². The Kier molecular flexibility index (Phi) is 6.23. The Balaban J connectivity index is 2.53. The molecule has 0 aromatic rings. The van der Waals surface area contributed by atoms with E-state index < -0.39 is 30.9 Å². The molecule has 0 radical (unpaired) electrons. The van der Waals surface area contributed by atoms with E-state index in [1.807, 2.05) is 4.90 Å². The van der Waals surface area contributed by atoms with Crippen molar-refractivity contribution >= 4 is 17.8 Å². The third-order valence-electron chi connectivity index (χ3n) is 2.80. The molecule has 1 amide bonds. The van der Waals surface area contributed by atoms with Crippen LogP contribution in [0.5, 0.6) is 0 Å². The van der Waals surface area contributed by atoms with Crippen molar-refractivity contribution in [1.82, 2.24) is 15.1 Å². The minimum absolute atomic E-state index is 0.0578. The molecule has 3 N–H and O–H groups in total. The van der Waals surface area contributed by atoms with Crippen molar-refractivity contribution in [2.45, 2.75) is 6.42 Å². The van der Waals surface area contributed by atoms with Crippen molar-refractivity contribution in [2.24, 2.45) is 0 Å². The van der Waals surface area contributed by atoms with E-state index >= 15 is 0 Å². The molecule has 0 spiro atoms. The first-order chi connectivity index (χ1) is 8.99. The number of carboxylic acids is 2. The lowest BCUT2D eigenvalue weighted by molar-refractivity contribution is -0.149. The zero-order valence-corrected chi connectivity index (χ0v) is 10.7. The van der Waals surface area contributed by atoms with E-state index in [4.69, 9.17) is 10.2 Å². The maximum absolute atomic E-state index is 11.9. The Morgan fingerprint density at radius 1 is 1.05 bits per heavy atom. The molecule has 0 atom stereocenters. The van der Waals surface area contributed by atoms with Crippen molar-refractivity contribution in [3.63, 3.8) is 0 Å². The maximum Gasteiger partial charge on any atom is 0.323 e. The summed E-state index contributed by atoms with van der Waals surface area (Å²) in [6.45, 7) is 1.98. The van der Waals surface area contributed by atoms with Gasteiger partial charge in [-0.2, -0.15) is 0 Å². The minimum Gasteiger partial charge on any atom is -0.480 e. The van der Waals surface area contributed by atoms with Crippen molar-refractivity contribution < 1.29 is 24.6 Å². The number of amides is 1. The molecule has 8 heteroatoms. The first-order valence-electron chi connectivity index (χ1n) is 6.13. The van der Waals surface area contributed by atoms with Gasteiger partial charge in [-0.25, -0.2) is 0 Å². The van der Waals surface area contributed by atoms with Crippen LogP contribution in [0.4, 0.5) is 0 Å². The van der Waals surface area contributed by atoms with Gasteiger partial charge in [0.1, 0.15) is 13.1 Å². The fourth-order valence-corrected chi connectivity index (χ4v) is 1.91. The third kappa shape index (κ3) is 6.16. The zero-order chi connectivity index (χ0) is 14.3. The molecular formula is C11H19N3O5. The van der Waals surface area contributed by atoms with E-state index in [0.717, 1.165) is 31.0 Å². The second kappa shape index (κ2) is 7.70. The fourth-order valence-electron chi connectivity index (χ4n) is 1.91. The molecule has 0 aromatic heterocycles. The molecule has 1 fully saturated rings. The van der Waals surface area contributed by atoms with Gasteiger partial charge < -0.3 is 20.4 Å². The highest BCUT2D eigenvalue weighted by atomic mass is 16.4. The summed E-state index contributed by atoms with van der Waals surface area (Å²) in [5, 5.41) is 20.6. The summed E-state index contributed by atoms with van der Waals surface area (Å²) < 4.78 is 0. The molecule has 1 saturated heterocycles. The quantitative estimate of drug-likeness (QED) is 0.528. The van der Waals surface area contributed by atoms with E-state index in [1.54, 1.807) is 0 Å². The molecule has 19 heavy (non-hydrogen) atoms. The molecule has 0 unspecified atom stereocenters. The van der Waals surface area contributed by atoms with Crippen molar-refractivity contribution in [3.8, 4) is 0 Å². The monoisotopic (exact) mass is 273 g/mol. The van der Waals surface area contributed by atoms with Crippen LogP contribution in [0.1, 0.15) is 6.42 Å². The minimum atomic E-state index is -1.22. The fraction of sp³-hybridized carbons (Fsp3) is 0.727. The Morgan fingerprint density at radius 3 is 2.26 bits per heavy atom. The van der Waals surface area contributed by atoms with Crippen molar-refractivity contribution in [2.75, 3.05) is 45.8 Å². The Bertz CT molecular complexity index is 323. The number of rotatable bonds is 6. The SMILES string of the molecule is O=C(O)CN(CC(=O)O)C(=O)CN1CCCNCC1. The maximum atomic E-state index is 11.9. The molecule has 0 aliphatic carbocycles. The molecule has 0 saturated carbocycles. The van der Waals surface area contributed by atoms with E-state index in [1.165, 1.54) is 0 Å². The van der Waals surface area contributed by atoms with Gasteiger partial charge in [-0.3, -0.25) is 19.3 Å². The number of nitrogens with one attached hydrogen (secondary N) is 1. The third-order valence-corrected chi connectivity index (χ3v) is 2.80. The largest absolute Gasteiger partial charge is 0.480 e. The highest BCUT2D eigenvalue weighted by molar-refractivity contribution is 5.86. The lowest BCUT2D eigenvalue weighted by Gasteiger charge is -2.24. The average Bonchev–Trinajstić information content (AvgIpc) is 2.55. The molecule has 1 rings (SSSR count). The number of carbonyl (C=O) groups is 3. The van der Waals surface area contributed by atoms with Crippen molar-refractivity contribution in [3.05, 3.63) is 0 Å². The van der Waals surface area contributed by atoms with E-state index in [9.17, 15) is 14.4 Å². The van der Waals surface area contributed by atoms with Crippen LogP contribution >= 0.6 is 0 Å². The predicted molar refractivity (Wildman–Crippen MR) is 65.8 cm³/mol. The normalized spacial score (nSPS) is 16.6.